The maximum Gasteiger partial charge on any atom is 0.151 e. The van der Waals surface area contributed by atoms with Gasteiger partial charge in [-0.3, -0.25) is 0 Å². The van der Waals surface area contributed by atoms with E-state index in [1.165, 1.54) is 11.6 Å². The van der Waals surface area contributed by atoms with Gasteiger partial charge in [-0.05, 0) is 43.4 Å². The van der Waals surface area contributed by atoms with Gasteiger partial charge in [0.15, 0.2) is 5.82 Å². The SMILES string of the molecule is Cc1nnn(C)c1-c1cc(F)c2ncn(C(c3ccccc3)C3CCOCC3)c2c1. The number of fused-ring (bicyclic) bond motifs is 1. The molecule has 3 heterocycles. The summed E-state index contributed by atoms with van der Waals surface area (Å²) >= 11 is 0. The van der Waals surface area contributed by atoms with Gasteiger partial charge < -0.3 is 9.30 Å². The van der Waals surface area contributed by atoms with Crippen LogP contribution in [-0.2, 0) is 11.8 Å². The maximum atomic E-state index is 15.1. The molecule has 1 aliphatic heterocycles. The summed E-state index contributed by atoms with van der Waals surface area (Å²) in [5.74, 6) is 0.0611. The first-order valence-electron chi connectivity index (χ1n) is 10.3. The standard InChI is InChI=1S/C23H24FN5O/c1-15-22(28(2)27-26-15)18-12-19(24)21-20(13-18)29(14-25-21)23(16-6-4-3-5-7-16)17-8-10-30-11-9-17/h3-7,12-14,17,23H,8-11H2,1-2H3. The number of benzene rings is 2. The number of rotatable bonds is 4. The predicted molar refractivity (Wildman–Crippen MR) is 113 cm³/mol. The second kappa shape index (κ2) is 7.65. The Morgan fingerprint density at radius 3 is 2.60 bits per heavy atom. The van der Waals surface area contributed by atoms with E-state index in [1.807, 2.05) is 26.1 Å². The topological polar surface area (TPSA) is 57.8 Å². The molecule has 2 aromatic carbocycles. The van der Waals surface area contributed by atoms with Crippen LogP contribution in [0.4, 0.5) is 4.39 Å². The monoisotopic (exact) mass is 405 g/mol. The summed E-state index contributed by atoms with van der Waals surface area (Å²) in [5.41, 5.74) is 4.71. The molecule has 5 rings (SSSR count). The average molecular weight is 405 g/mol. The van der Waals surface area contributed by atoms with Gasteiger partial charge in [-0.2, -0.15) is 0 Å². The summed E-state index contributed by atoms with van der Waals surface area (Å²) in [6.45, 7) is 3.39. The Morgan fingerprint density at radius 2 is 1.90 bits per heavy atom. The highest BCUT2D eigenvalue weighted by atomic mass is 19.1. The van der Waals surface area contributed by atoms with Crippen molar-refractivity contribution >= 4 is 11.0 Å². The predicted octanol–water partition coefficient (Wildman–Crippen LogP) is 4.30. The third kappa shape index (κ3) is 3.19. The molecule has 0 radical (unpaired) electrons. The number of ether oxygens (including phenoxy) is 1. The van der Waals surface area contributed by atoms with Gasteiger partial charge in [-0.1, -0.05) is 35.5 Å². The minimum absolute atomic E-state index is 0.0699. The van der Waals surface area contributed by atoms with Gasteiger partial charge in [0.05, 0.1) is 29.3 Å². The fourth-order valence-electron chi connectivity index (χ4n) is 4.65. The van der Waals surface area contributed by atoms with Gasteiger partial charge in [-0.15, -0.1) is 5.10 Å². The van der Waals surface area contributed by atoms with Gasteiger partial charge in [-0.25, -0.2) is 14.1 Å². The number of hydrogen-bond acceptors (Lipinski definition) is 4. The van der Waals surface area contributed by atoms with Crippen molar-refractivity contribution < 1.29 is 9.13 Å². The fraction of sp³-hybridized carbons (Fsp3) is 0.348. The molecule has 0 spiro atoms. The van der Waals surface area contributed by atoms with E-state index in [9.17, 15) is 0 Å². The Morgan fingerprint density at radius 1 is 1.13 bits per heavy atom. The molecular formula is C23H24FN5O. The van der Waals surface area contributed by atoms with Crippen LogP contribution in [0.25, 0.3) is 22.3 Å². The Balaban J connectivity index is 1.70. The van der Waals surface area contributed by atoms with Crippen LogP contribution in [0.5, 0.6) is 0 Å². The van der Waals surface area contributed by atoms with Crippen molar-refractivity contribution in [2.24, 2.45) is 13.0 Å². The van der Waals surface area contributed by atoms with Crippen LogP contribution in [0, 0.1) is 18.7 Å². The zero-order valence-electron chi connectivity index (χ0n) is 17.1. The summed E-state index contributed by atoms with van der Waals surface area (Å²) in [4.78, 5) is 4.45. The molecule has 4 aromatic rings. The normalized spacial score (nSPS) is 16.2. The average Bonchev–Trinajstić information content (AvgIpc) is 3.33. The number of imidazole rings is 1. The van der Waals surface area contributed by atoms with Crippen LogP contribution in [0.3, 0.4) is 0 Å². The van der Waals surface area contributed by atoms with Crippen LogP contribution in [0.15, 0.2) is 48.8 Å². The molecular weight excluding hydrogens is 381 g/mol. The van der Waals surface area contributed by atoms with E-state index in [0.29, 0.717) is 11.4 Å². The van der Waals surface area contributed by atoms with Crippen LogP contribution in [0.1, 0.15) is 30.1 Å². The van der Waals surface area contributed by atoms with Gasteiger partial charge in [0.25, 0.3) is 0 Å². The number of nitrogens with zero attached hydrogens (tertiary/aromatic N) is 5. The Hall–Kier alpha value is -3.06. The third-order valence-corrected chi connectivity index (χ3v) is 6.05. The van der Waals surface area contributed by atoms with E-state index in [1.54, 1.807) is 11.0 Å². The molecule has 1 atom stereocenters. The Labute approximate surface area is 174 Å². The van der Waals surface area contributed by atoms with Crippen molar-refractivity contribution in [1.82, 2.24) is 24.5 Å². The molecule has 2 aromatic heterocycles. The first kappa shape index (κ1) is 18.9. The third-order valence-electron chi connectivity index (χ3n) is 6.05. The lowest BCUT2D eigenvalue weighted by molar-refractivity contribution is 0.0547. The molecule has 0 aliphatic carbocycles. The summed E-state index contributed by atoms with van der Waals surface area (Å²) < 4.78 is 24.5. The highest BCUT2D eigenvalue weighted by Gasteiger charge is 2.29. The van der Waals surface area contributed by atoms with E-state index in [4.69, 9.17) is 4.74 Å². The lowest BCUT2D eigenvalue weighted by atomic mass is 9.86. The van der Waals surface area contributed by atoms with Crippen molar-refractivity contribution in [2.45, 2.75) is 25.8 Å². The molecule has 1 saturated heterocycles. The molecule has 6 nitrogen and oxygen atoms in total. The lowest BCUT2D eigenvalue weighted by Gasteiger charge is -2.32. The van der Waals surface area contributed by atoms with Crippen LogP contribution >= 0.6 is 0 Å². The Kier molecular flexibility index (Phi) is 4.83. The number of aryl methyl sites for hydroxylation is 2. The van der Waals surface area contributed by atoms with Crippen LogP contribution < -0.4 is 0 Å². The van der Waals surface area contributed by atoms with Gasteiger partial charge >= 0.3 is 0 Å². The zero-order chi connectivity index (χ0) is 20.7. The quantitative estimate of drug-likeness (QED) is 0.508. The first-order chi connectivity index (χ1) is 14.6. The van der Waals surface area contributed by atoms with Gasteiger partial charge in [0, 0.05) is 25.8 Å². The molecule has 1 aliphatic rings. The minimum Gasteiger partial charge on any atom is -0.381 e. The molecule has 0 saturated carbocycles. The number of aromatic nitrogens is 5. The highest BCUT2D eigenvalue weighted by Crippen LogP contribution is 2.37. The molecule has 30 heavy (non-hydrogen) atoms. The van der Waals surface area contributed by atoms with Crippen molar-refractivity contribution in [3.63, 3.8) is 0 Å². The van der Waals surface area contributed by atoms with Crippen molar-refractivity contribution in [3.8, 4) is 11.3 Å². The second-order valence-corrected chi connectivity index (χ2v) is 7.93. The smallest absolute Gasteiger partial charge is 0.151 e. The number of halogens is 1. The van der Waals surface area contributed by atoms with Gasteiger partial charge in [0.1, 0.15) is 5.52 Å². The minimum atomic E-state index is -0.333. The van der Waals surface area contributed by atoms with E-state index in [0.717, 1.165) is 48.5 Å². The summed E-state index contributed by atoms with van der Waals surface area (Å²) in [5, 5.41) is 8.20. The molecule has 1 fully saturated rings. The molecule has 0 bridgehead atoms. The van der Waals surface area contributed by atoms with Crippen molar-refractivity contribution in [3.05, 3.63) is 65.9 Å². The maximum absolute atomic E-state index is 15.1. The van der Waals surface area contributed by atoms with E-state index in [-0.39, 0.29) is 11.9 Å². The van der Waals surface area contributed by atoms with Crippen LogP contribution in [-0.4, -0.2) is 37.8 Å². The Bertz CT molecular complexity index is 1160. The van der Waals surface area contributed by atoms with Gasteiger partial charge in [0.2, 0.25) is 0 Å². The first-order valence-corrected chi connectivity index (χ1v) is 10.3. The zero-order valence-corrected chi connectivity index (χ0v) is 17.1. The van der Waals surface area contributed by atoms with E-state index in [2.05, 4.69) is 44.1 Å². The molecule has 154 valence electrons. The summed E-state index contributed by atoms with van der Waals surface area (Å²) in [6.07, 6.45) is 3.71. The molecule has 7 heteroatoms. The number of hydrogen-bond donors (Lipinski definition) is 0. The fourth-order valence-corrected chi connectivity index (χ4v) is 4.65. The molecule has 1 unspecified atom stereocenters. The molecule has 0 amide bonds. The summed E-state index contributed by atoms with van der Waals surface area (Å²) in [7, 11) is 1.82. The second-order valence-electron chi connectivity index (χ2n) is 7.93. The van der Waals surface area contributed by atoms with Crippen LogP contribution in [0.2, 0.25) is 0 Å². The largest absolute Gasteiger partial charge is 0.381 e. The van der Waals surface area contributed by atoms with E-state index >= 15 is 4.39 Å². The lowest BCUT2D eigenvalue weighted by Crippen LogP contribution is -2.26. The molecule has 0 N–H and O–H groups in total. The van der Waals surface area contributed by atoms with E-state index < -0.39 is 0 Å². The van der Waals surface area contributed by atoms with Crippen molar-refractivity contribution in [1.29, 1.82) is 0 Å². The summed E-state index contributed by atoms with van der Waals surface area (Å²) in [6, 6.07) is 14.0. The highest BCUT2D eigenvalue weighted by molar-refractivity contribution is 5.82. The van der Waals surface area contributed by atoms with Crippen molar-refractivity contribution in [2.75, 3.05) is 13.2 Å².